The third-order valence-electron chi connectivity index (χ3n) is 2.25. The van der Waals surface area contributed by atoms with Crippen molar-refractivity contribution in [2.75, 3.05) is 19.8 Å². The Hall–Kier alpha value is -0.160. The van der Waals surface area contributed by atoms with Crippen molar-refractivity contribution in [3.05, 3.63) is 0 Å². The number of ether oxygens (including phenoxy) is 2. The molecule has 0 aromatic heterocycles. The molecule has 78 valence electrons. The minimum Gasteiger partial charge on any atom is -0.394 e. The van der Waals surface area contributed by atoms with Crippen molar-refractivity contribution in [2.24, 2.45) is 0 Å². The van der Waals surface area contributed by atoms with E-state index in [0.717, 1.165) is 12.8 Å². The van der Waals surface area contributed by atoms with Gasteiger partial charge in [0.1, 0.15) is 18.3 Å². The average molecular weight is 190 g/mol. The molecule has 0 bridgehead atoms. The third kappa shape index (κ3) is 2.91. The first kappa shape index (κ1) is 10.9. The van der Waals surface area contributed by atoms with Crippen LogP contribution in [0.2, 0.25) is 0 Å². The monoisotopic (exact) mass is 190 g/mol. The number of hydrogen-bond donors (Lipinski definition) is 2. The first-order valence-electron chi connectivity index (χ1n) is 4.81. The predicted octanol–water partition coefficient (Wildman–Crippen LogP) is -0.0763. The molecule has 1 rings (SSSR count). The van der Waals surface area contributed by atoms with Gasteiger partial charge in [-0.15, -0.1) is 0 Å². The number of hydrogen-bond acceptors (Lipinski definition) is 4. The molecule has 1 fully saturated rings. The van der Waals surface area contributed by atoms with E-state index in [2.05, 4.69) is 6.92 Å². The largest absolute Gasteiger partial charge is 0.394 e. The van der Waals surface area contributed by atoms with Crippen molar-refractivity contribution in [3.8, 4) is 0 Å². The lowest BCUT2D eigenvalue weighted by Gasteiger charge is -2.15. The maximum atomic E-state index is 9.54. The van der Waals surface area contributed by atoms with Gasteiger partial charge in [-0.05, 0) is 6.42 Å². The molecule has 1 heterocycles. The van der Waals surface area contributed by atoms with E-state index in [0.29, 0.717) is 13.2 Å². The molecule has 4 heteroatoms. The second-order valence-electron chi connectivity index (χ2n) is 3.31. The molecule has 3 atom stereocenters. The van der Waals surface area contributed by atoms with E-state index in [-0.39, 0.29) is 12.7 Å². The van der Waals surface area contributed by atoms with Crippen LogP contribution in [0.3, 0.4) is 0 Å². The van der Waals surface area contributed by atoms with E-state index < -0.39 is 12.2 Å². The van der Waals surface area contributed by atoms with Gasteiger partial charge in [0.25, 0.3) is 0 Å². The molecule has 4 nitrogen and oxygen atoms in total. The fourth-order valence-electron chi connectivity index (χ4n) is 1.34. The van der Waals surface area contributed by atoms with Gasteiger partial charge in [0.05, 0.1) is 13.2 Å². The highest BCUT2D eigenvalue weighted by atomic mass is 16.6. The summed E-state index contributed by atoms with van der Waals surface area (Å²) in [6.45, 7) is 2.98. The lowest BCUT2D eigenvalue weighted by Crippen LogP contribution is -2.34. The van der Waals surface area contributed by atoms with Gasteiger partial charge in [-0.3, -0.25) is 0 Å². The van der Waals surface area contributed by atoms with Crippen LogP contribution in [0.4, 0.5) is 0 Å². The van der Waals surface area contributed by atoms with E-state index in [9.17, 15) is 5.11 Å². The standard InChI is InChI=1S/C9H18O4/c1-2-3-4-12-8-6-13-7(5-10)9(8)11/h7-11H,2-6H2,1H3/t7-,8-,9-/m1/s1. The molecule has 0 unspecified atom stereocenters. The van der Waals surface area contributed by atoms with E-state index >= 15 is 0 Å². The quantitative estimate of drug-likeness (QED) is 0.595. The molecule has 0 amide bonds. The van der Waals surface area contributed by atoms with Crippen molar-refractivity contribution >= 4 is 0 Å². The minimum absolute atomic E-state index is 0.144. The van der Waals surface area contributed by atoms with Gasteiger partial charge < -0.3 is 19.7 Å². The van der Waals surface area contributed by atoms with Gasteiger partial charge in [0, 0.05) is 6.61 Å². The Balaban J connectivity index is 2.20. The lowest BCUT2D eigenvalue weighted by molar-refractivity contribution is -0.0285. The van der Waals surface area contributed by atoms with Crippen molar-refractivity contribution in [1.82, 2.24) is 0 Å². The van der Waals surface area contributed by atoms with Gasteiger partial charge in [-0.2, -0.15) is 0 Å². The molecule has 1 aliphatic rings. The van der Waals surface area contributed by atoms with Gasteiger partial charge in [-0.1, -0.05) is 13.3 Å². The summed E-state index contributed by atoms with van der Waals surface area (Å²) >= 11 is 0. The molecule has 1 aliphatic heterocycles. The van der Waals surface area contributed by atoms with Crippen molar-refractivity contribution in [1.29, 1.82) is 0 Å². The Bertz CT molecular complexity index is 140. The number of aliphatic hydroxyl groups excluding tert-OH is 2. The summed E-state index contributed by atoms with van der Waals surface area (Å²) in [5.41, 5.74) is 0. The van der Waals surface area contributed by atoms with Crippen LogP contribution in [0.1, 0.15) is 19.8 Å². The van der Waals surface area contributed by atoms with E-state index in [1.807, 2.05) is 0 Å². The van der Waals surface area contributed by atoms with Crippen LogP contribution < -0.4 is 0 Å². The average Bonchev–Trinajstić information content (AvgIpc) is 2.48. The highest BCUT2D eigenvalue weighted by molar-refractivity contribution is 4.83. The molecular formula is C9H18O4. The Morgan fingerprint density at radius 2 is 2.31 bits per heavy atom. The zero-order valence-corrected chi connectivity index (χ0v) is 7.98. The minimum atomic E-state index is -0.679. The maximum absolute atomic E-state index is 9.54. The molecule has 0 spiro atoms. The first-order valence-corrected chi connectivity index (χ1v) is 4.81. The highest BCUT2D eigenvalue weighted by Gasteiger charge is 2.35. The number of rotatable bonds is 5. The van der Waals surface area contributed by atoms with Crippen molar-refractivity contribution in [3.63, 3.8) is 0 Å². The van der Waals surface area contributed by atoms with Crippen molar-refractivity contribution in [2.45, 2.75) is 38.1 Å². The predicted molar refractivity (Wildman–Crippen MR) is 47.5 cm³/mol. The molecule has 0 aromatic carbocycles. The lowest BCUT2D eigenvalue weighted by atomic mass is 10.1. The second-order valence-corrected chi connectivity index (χ2v) is 3.31. The van der Waals surface area contributed by atoms with E-state index in [4.69, 9.17) is 14.6 Å². The summed E-state index contributed by atoms with van der Waals surface area (Å²) < 4.78 is 10.5. The van der Waals surface area contributed by atoms with Gasteiger partial charge in [0.2, 0.25) is 0 Å². The van der Waals surface area contributed by atoms with Crippen LogP contribution in [-0.4, -0.2) is 48.3 Å². The molecule has 1 saturated heterocycles. The molecule has 2 N–H and O–H groups in total. The number of aliphatic hydroxyl groups is 2. The van der Waals surface area contributed by atoms with Crippen LogP contribution in [0.15, 0.2) is 0 Å². The Kier molecular flexibility index (Phi) is 4.66. The van der Waals surface area contributed by atoms with Gasteiger partial charge in [-0.25, -0.2) is 0 Å². The zero-order valence-electron chi connectivity index (χ0n) is 7.98. The van der Waals surface area contributed by atoms with Crippen LogP contribution >= 0.6 is 0 Å². The zero-order chi connectivity index (χ0) is 9.68. The van der Waals surface area contributed by atoms with Crippen LogP contribution in [0.25, 0.3) is 0 Å². The molecule has 13 heavy (non-hydrogen) atoms. The van der Waals surface area contributed by atoms with Crippen molar-refractivity contribution < 1.29 is 19.7 Å². The SMILES string of the molecule is CCCCO[C@@H]1CO[C@H](CO)[C@H]1O. The first-order chi connectivity index (χ1) is 6.29. The Morgan fingerprint density at radius 3 is 2.85 bits per heavy atom. The Morgan fingerprint density at radius 1 is 1.54 bits per heavy atom. The molecule has 0 saturated carbocycles. The maximum Gasteiger partial charge on any atom is 0.111 e. The molecule has 0 aliphatic carbocycles. The van der Waals surface area contributed by atoms with Gasteiger partial charge >= 0.3 is 0 Å². The van der Waals surface area contributed by atoms with Gasteiger partial charge in [0.15, 0.2) is 0 Å². The molecule has 0 radical (unpaired) electrons. The third-order valence-corrected chi connectivity index (χ3v) is 2.25. The summed E-state index contributed by atoms with van der Waals surface area (Å²) in [5, 5.41) is 18.3. The summed E-state index contributed by atoms with van der Waals surface area (Å²) in [7, 11) is 0. The topological polar surface area (TPSA) is 58.9 Å². The van der Waals surface area contributed by atoms with E-state index in [1.54, 1.807) is 0 Å². The summed E-state index contributed by atoms with van der Waals surface area (Å²) in [6.07, 6.45) is 0.664. The smallest absolute Gasteiger partial charge is 0.111 e. The van der Waals surface area contributed by atoms with E-state index in [1.165, 1.54) is 0 Å². The fourth-order valence-corrected chi connectivity index (χ4v) is 1.34. The van der Waals surface area contributed by atoms with Crippen LogP contribution in [0.5, 0.6) is 0 Å². The Labute approximate surface area is 78.5 Å². The normalized spacial score (nSPS) is 33.9. The van der Waals surface area contributed by atoms with Crippen LogP contribution in [0, 0.1) is 0 Å². The summed E-state index contributed by atoms with van der Waals surface area (Å²) in [6, 6.07) is 0. The molecule has 0 aromatic rings. The molecular weight excluding hydrogens is 172 g/mol. The fraction of sp³-hybridized carbons (Fsp3) is 1.00. The number of unbranched alkanes of at least 4 members (excludes halogenated alkanes) is 1. The summed E-state index contributed by atoms with van der Waals surface area (Å²) in [4.78, 5) is 0. The highest BCUT2D eigenvalue weighted by Crippen LogP contribution is 2.17. The van der Waals surface area contributed by atoms with Crippen LogP contribution in [-0.2, 0) is 9.47 Å². The second kappa shape index (κ2) is 5.54. The summed E-state index contributed by atoms with van der Waals surface area (Å²) in [5.74, 6) is 0.